The fourth-order valence-electron chi connectivity index (χ4n) is 1.69. The molecule has 0 spiro atoms. The summed E-state index contributed by atoms with van der Waals surface area (Å²) >= 11 is 0. The normalized spacial score (nSPS) is 16.9. The first kappa shape index (κ1) is 12.6. The quantitative estimate of drug-likeness (QED) is 0.616. The van der Waals surface area contributed by atoms with E-state index in [2.05, 4.69) is 17.8 Å². The van der Waals surface area contributed by atoms with Crippen LogP contribution >= 0.6 is 0 Å². The second-order valence-electron chi connectivity index (χ2n) is 4.25. The zero-order valence-corrected chi connectivity index (χ0v) is 10.5. The molecule has 18 heavy (non-hydrogen) atoms. The fourth-order valence-corrected chi connectivity index (χ4v) is 1.69. The van der Waals surface area contributed by atoms with Gasteiger partial charge < -0.3 is 4.74 Å². The van der Waals surface area contributed by atoms with Crippen molar-refractivity contribution in [3.63, 3.8) is 0 Å². The summed E-state index contributed by atoms with van der Waals surface area (Å²) in [5.41, 5.74) is 7.10. The number of benzene rings is 1. The van der Waals surface area contributed by atoms with Gasteiger partial charge in [0.15, 0.2) is 0 Å². The number of nitrogens with one attached hydrogen (secondary N) is 2. The maximum Gasteiger partial charge on any atom is 0.262 e. The van der Waals surface area contributed by atoms with Crippen LogP contribution in [-0.4, -0.2) is 19.1 Å². The van der Waals surface area contributed by atoms with Crippen LogP contribution in [-0.2, 0) is 4.79 Å². The molecule has 0 aliphatic carbocycles. The van der Waals surface area contributed by atoms with E-state index in [0.717, 1.165) is 36.3 Å². The molecule has 0 saturated carbocycles. The second kappa shape index (κ2) is 6.21. The average molecular weight is 246 g/mol. The third kappa shape index (κ3) is 3.34. The van der Waals surface area contributed by atoms with Crippen molar-refractivity contribution in [2.45, 2.75) is 19.8 Å². The molecule has 4 nitrogen and oxygen atoms in total. The molecule has 2 rings (SSSR count). The molecule has 1 aliphatic rings. The van der Waals surface area contributed by atoms with Crippen LogP contribution in [0.25, 0.3) is 6.08 Å². The van der Waals surface area contributed by atoms with Gasteiger partial charge in [0, 0.05) is 12.1 Å². The van der Waals surface area contributed by atoms with E-state index in [-0.39, 0.29) is 5.91 Å². The monoisotopic (exact) mass is 246 g/mol. The lowest BCUT2D eigenvalue weighted by atomic mass is 10.1. The number of hydrogen-bond donors (Lipinski definition) is 2. The lowest BCUT2D eigenvalue weighted by molar-refractivity contribution is -0.116. The first-order chi connectivity index (χ1) is 8.79. The minimum absolute atomic E-state index is 0.0572. The SMILES string of the molecule is CCCCOc1ccc(/C=C2\CNNC2=O)cc1. The highest BCUT2D eigenvalue weighted by Crippen LogP contribution is 2.15. The van der Waals surface area contributed by atoms with Crippen molar-refractivity contribution in [2.75, 3.05) is 13.2 Å². The first-order valence-electron chi connectivity index (χ1n) is 6.26. The summed E-state index contributed by atoms with van der Waals surface area (Å²) in [6.45, 7) is 3.45. The van der Waals surface area contributed by atoms with Gasteiger partial charge >= 0.3 is 0 Å². The van der Waals surface area contributed by atoms with Gasteiger partial charge in [-0.15, -0.1) is 0 Å². The van der Waals surface area contributed by atoms with Gasteiger partial charge in [0.2, 0.25) is 0 Å². The van der Waals surface area contributed by atoms with Crippen LogP contribution in [0.15, 0.2) is 29.8 Å². The lowest BCUT2D eigenvalue weighted by Gasteiger charge is -2.05. The summed E-state index contributed by atoms with van der Waals surface area (Å²) < 4.78 is 5.58. The Morgan fingerprint density at radius 1 is 1.33 bits per heavy atom. The Labute approximate surface area is 107 Å². The standard InChI is InChI=1S/C14H18N2O2/c1-2-3-8-18-13-6-4-11(5-7-13)9-12-10-15-16-14(12)17/h4-7,9,15H,2-3,8,10H2,1H3,(H,16,17)/b12-9+. The summed E-state index contributed by atoms with van der Waals surface area (Å²) in [4.78, 5) is 11.4. The van der Waals surface area contributed by atoms with Crippen LogP contribution in [0, 0.1) is 0 Å². The van der Waals surface area contributed by atoms with E-state index >= 15 is 0 Å². The molecule has 1 fully saturated rings. The molecule has 0 atom stereocenters. The molecule has 0 radical (unpaired) electrons. The van der Waals surface area contributed by atoms with Crippen molar-refractivity contribution >= 4 is 12.0 Å². The van der Waals surface area contributed by atoms with E-state index in [1.165, 1.54) is 0 Å². The van der Waals surface area contributed by atoms with Crippen LogP contribution in [0.5, 0.6) is 5.75 Å². The molecule has 0 aromatic heterocycles. The van der Waals surface area contributed by atoms with Crippen LogP contribution in [0.2, 0.25) is 0 Å². The minimum Gasteiger partial charge on any atom is -0.494 e. The maximum atomic E-state index is 11.4. The first-order valence-corrected chi connectivity index (χ1v) is 6.26. The van der Waals surface area contributed by atoms with Crippen molar-refractivity contribution in [3.05, 3.63) is 35.4 Å². The number of carbonyl (C=O) groups excluding carboxylic acids is 1. The third-order valence-corrected chi connectivity index (χ3v) is 2.76. The zero-order valence-electron chi connectivity index (χ0n) is 10.5. The van der Waals surface area contributed by atoms with Gasteiger partial charge in [-0.05, 0) is 30.2 Å². The highest BCUT2D eigenvalue weighted by atomic mass is 16.5. The molecular formula is C14H18N2O2. The van der Waals surface area contributed by atoms with E-state index < -0.39 is 0 Å². The predicted molar refractivity (Wildman–Crippen MR) is 71.0 cm³/mol. The Bertz CT molecular complexity index is 438. The molecule has 4 heteroatoms. The van der Waals surface area contributed by atoms with Crippen molar-refractivity contribution in [2.24, 2.45) is 0 Å². The minimum atomic E-state index is -0.0572. The van der Waals surface area contributed by atoms with Crippen LogP contribution in [0.1, 0.15) is 25.3 Å². The highest BCUT2D eigenvalue weighted by Gasteiger charge is 2.14. The average Bonchev–Trinajstić information content (AvgIpc) is 2.78. The summed E-state index contributed by atoms with van der Waals surface area (Å²) in [5, 5.41) is 0. The van der Waals surface area contributed by atoms with E-state index in [0.29, 0.717) is 6.54 Å². The molecule has 2 N–H and O–H groups in total. The van der Waals surface area contributed by atoms with Gasteiger partial charge in [-0.25, -0.2) is 5.43 Å². The van der Waals surface area contributed by atoms with Crippen LogP contribution in [0.4, 0.5) is 0 Å². The van der Waals surface area contributed by atoms with Crippen LogP contribution in [0.3, 0.4) is 0 Å². The van der Waals surface area contributed by atoms with Crippen LogP contribution < -0.4 is 15.6 Å². The Morgan fingerprint density at radius 2 is 2.11 bits per heavy atom. The number of hydrazine groups is 1. The molecule has 1 amide bonds. The van der Waals surface area contributed by atoms with Crippen molar-refractivity contribution in [1.82, 2.24) is 10.9 Å². The Morgan fingerprint density at radius 3 is 2.72 bits per heavy atom. The molecule has 1 saturated heterocycles. The smallest absolute Gasteiger partial charge is 0.262 e. The van der Waals surface area contributed by atoms with Gasteiger partial charge in [0.25, 0.3) is 5.91 Å². The van der Waals surface area contributed by atoms with E-state index in [1.54, 1.807) is 0 Å². The molecule has 0 bridgehead atoms. The lowest BCUT2D eigenvalue weighted by Crippen LogP contribution is -2.25. The summed E-state index contributed by atoms with van der Waals surface area (Å²) in [6, 6.07) is 7.78. The topological polar surface area (TPSA) is 50.4 Å². The number of unbranched alkanes of at least 4 members (excludes halogenated alkanes) is 1. The molecule has 1 aliphatic heterocycles. The number of ether oxygens (including phenoxy) is 1. The second-order valence-corrected chi connectivity index (χ2v) is 4.25. The van der Waals surface area contributed by atoms with Gasteiger partial charge in [0.05, 0.1) is 6.61 Å². The summed E-state index contributed by atoms with van der Waals surface area (Å²) in [7, 11) is 0. The van der Waals surface area contributed by atoms with Gasteiger partial charge in [0.1, 0.15) is 5.75 Å². The largest absolute Gasteiger partial charge is 0.494 e. The molecule has 0 unspecified atom stereocenters. The van der Waals surface area contributed by atoms with Crippen molar-refractivity contribution in [3.8, 4) is 5.75 Å². The fraction of sp³-hybridized carbons (Fsp3) is 0.357. The Kier molecular flexibility index (Phi) is 4.36. The number of amides is 1. The van der Waals surface area contributed by atoms with E-state index in [9.17, 15) is 4.79 Å². The van der Waals surface area contributed by atoms with Crippen molar-refractivity contribution < 1.29 is 9.53 Å². The summed E-state index contributed by atoms with van der Waals surface area (Å²) in [6.07, 6.45) is 4.08. The number of carbonyl (C=O) groups is 1. The zero-order chi connectivity index (χ0) is 12.8. The van der Waals surface area contributed by atoms with Crippen molar-refractivity contribution in [1.29, 1.82) is 0 Å². The Balaban J connectivity index is 1.97. The predicted octanol–water partition coefficient (Wildman–Crippen LogP) is 1.88. The molecular weight excluding hydrogens is 228 g/mol. The van der Waals surface area contributed by atoms with Gasteiger partial charge in [-0.1, -0.05) is 25.5 Å². The molecule has 96 valence electrons. The van der Waals surface area contributed by atoms with E-state index in [1.807, 2.05) is 30.3 Å². The third-order valence-electron chi connectivity index (χ3n) is 2.76. The summed E-state index contributed by atoms with van der Waals surface area (Å²) in [5.74, 6) is 0.817. The molecule has 1 heterocycles. The number of rotatable bonds is 5. The molecule has 1 aromatic rings. The Hall–Kier alpha value is -1.81. The maximum absolute atomic E-state index is 11.4. The number of hydrogen-bond acceptors (Lipinski definition) is 3. The van der Waals surface area contributed by atoms with E-state index in [4.69, 9.17) is 4.74 Å². The molecule has 1 aromatic carbocycles. The van der Waals surface area contributed by atoms with Gasteiger partial charge in [-0.2, -0.15) is 0 Å². The van der Waals surface area contributed by atoms with Gasteiger partial charge in [-0.3, -0.25) is 10.2 Å². The highest BCUT2D eigenvalue weighted by molar-refractivity contribution is 5.99.